The second-order valence-corrected chi connectivity index (χ2v) is 15.0. The first-order chi connectivity index (χ1) is 20.1. The lowest BCUT2D eigenvalue weighted by Crippen LogP contribution is -2.40. The summed E-state index contributed by atoms with van der Waals surface area (Å²) in [4.78, 5) is 26.3. The van der Waals surface area contributed by atoms with Gasteiger partial charge in [0.15, 0.2) is 9.84 Å². The average Bonchev–Trinajstić information content (AvgIpc) is 3.04. The number of nitrogens with zero attached hydrogens (tertiary/aromatic N) is 1. The molecule has 0 radical (unpaired) electrons. The molecule has 236 valence electrons. The molecular weight excluding hydrogens is 591 g/mol. The molecule has 2 aromatic rings. The predicted octanol–water partition coefficient (Wildman–Crippen LogP) is 7.50. The van der Waals surface area contributed by atoms with Crippen molar-refractivity contribution in [1.29, 1.82) is 0 Å². The number of anilines is 2. The van der Waals surface area contributed by atoms with E-state index in [1.54, 1.807) is 24.5 Å². The lowest BCUT2D eigenvalue weighted by molar-refractivity contribution is -0.134. The van der Waals surface area contributed by atoms with Gasteiger partial charge in [-0.1, -0.05) is 39.5 Å². The first kappa shape index (κ1) is 34.4. The number of fused-ring (bicyclic) bond motifs is 1. The third-order valence-corrected chi connectivity index (χ3v) is 10.2. The Balaban J connectivity index is 2.23. The fraction of sp³-hybridized carbons (Fsp3) is 0.500. The summed E-state index contributed by atoms with van der Waals surface area (Å²) in [5, 5.41) is 11.9. The predicted molar refractivity (Wildman–Crippen MR) is 170 cm³/mol. The van der Waals surface area contributed by atoms with Crippen LogP contribution in [0.25, 0.3) is 0 Å². The minimum atomic E-state index is -3.86. The number of hydrogen-bond acceptors (Lipinski definition) is 7. The van der Waals surface area contributed by atoms with E-state index in [0.717, 1.165) is 44.2 Å². The van der Waals surface area contributed by atoms with E-state index in [2.05, 4.69) is 19.2 Å². The van der Waals surface area contributed by atoms with E-state index in [4.69, 9.17) is 9.84 Å². The summed E-state index contributed by atoms with van der Waals surface area (Å²) in [6.45, 7) is 10.4. The lowest BCUT2D eigenvalue weighted by Gasteiger charge is -2.37. The topological polar surface area (TPSA) is 113 Å². The van der Waals surface area contributed by atoms with E-state index >= 15 is 0 Å². The van der Waals surface area contributed by atoms with Crippen molar-refractivity contribution in [2.24, 2.45) is 5.41 Å². The number of aliphatic carboxylic acids is 1. The van der Waals surface area contributed by atoms with Crippen molar-refractivity contribution in [3.05, 3.63) is 54.1 Å². The van der Waals surface area contributed by atoms with Crippen LogP contribution in [0.4, 0.5) is 15.8 Å². The number of carboxylic acids is 1. The van der Waals surface area contributed by atoms with Crippen molar-refractivity contribution in [2.75, 3.05) is 23.5 Å². The molecule has 3 rings (SSSR count). The summed E-state index contributed by atoms with van der Waals surface area (Å²) in [6.07, 6.45) is 7.30. The van der Waals surface area contributed by atoms with Crippen LogP contribution in [0.3, 0.4) is 0 Å². The van der Waals surface area contributed by atoms with Crippen LogP contribution in [0.15, 0.2) is 58.3 Å². The maximum atomic E-state index is 14.2. The second-order valence-electron chi connectivity index (χ2n) is 12.2. The molecule has 2 aromatic carbocycles. The summed E-state index contributed by atoms with van der Waals surface area (Å²) in [7, 11) is -3.86. The Morgan fingerprint density at radius 2 is 1.72 bits per heavy atom. The van der Waals surface area contributed by atoms with E-state index in [0.29, 0.717) is 29.0 Å². The summed E-state index contributed by atoms with van der Waals surface area (Å²) in [5.74, 6) is -3.50. The van der Waals surface area contributed by atoms with Gasteiger partial charge < -0.3 is 20.1 Å². The fourth-order valence-electron chi connectivity index (χ4n) is 5.32. The summed E-state index contributed by atoms with van der Waals surface area (Å²) >= 11 is 1.27. The molecule has 0 atom stereocenters. The molecule has 0 aliphatic carbocycles. The Labute approximate surface area is 259 Å². The molecule has 0 spiro atoms. The molecule has 0 fully saturated rings. The summed E-state index contributed by atoms with van der Waals surface area (Å²) in [6, 6.07) is 10.2. The zero-order valence-electron chi connectivity index (χ0n) is 25.8. The van der Waals surface area contributed by atoms with Crippen LogP contribution in [0, 0.1) is 5.41 Å². The van der Waals surface area contributed by atoms with Crippen molar-refractivity contribution >= 4 is 44.9 Å². The molecule has 1 aliphatic heterocycles. The quantitative estimate of drug-likeness (QED) is 0.140. The molecule has 1 aliphatic rings. The van der Waals surface area contributed by atoms with Gasteiger partial charge in [-0.15, -0.1) is 11.8 Å². The first-order valence-corrected chi connectivity index (χ1v) is 17.4. The van der Waals surface area contributed by atoms with Crippen LogP contribution in [0.5, 0.6) is 5.75 Å². The Morgan fingerprint density at radius 1 is 1.12 bits per heavy atom. The number of thioether (sulfide) groups is 1. The number of unbranched alkanes of at least 4 members (excludes halogenated alkanes) is 2. The molecule has 0 aromatic heterocycles. The highest BCUT2D eigenvalue weighted by molar-refractivity contribution is 7.98. The van der Waals surface area contributed by atoms with E-state index in [9.17, 15) is 22.4 Å². The number of carbonyl (C=O) groups excluding carboxylic acids is 1. The number of carbonyl (C=O) groups is 2. The highest BCUT2D eigenvalue weighted by atomic mass is 32.2. The maximum Gasteiger partial charge on any atom is 0.368 e. The molecule has 43 heavy (non-hydrogen) atoms. The first-order valence-electron chi connectivity index (χ1n) is 14.6. The maximum absolute atomic E-state index is 14.2. The van der Waals surface area contributed by atoms with Crippen LogP contribution < -0.4 is 15.0 Å². The van der Waals surface area contributed by atoms with Gasteiger partial charge in [-0.25, -0.2) is 13.2 Å². The number of rotatable bonds is 12. The number of carboxylic acid groups (broad SMARTS) is 1. The minimum Gasteiger partial charge on any atom is -0.476 e. The molecule has 1 amide bonds. The molecule has 0 bridgehead atoms. The van der Waals surface area contributed by atoms with E-state index in [1.165, 1.54) is 17.8 Å². The summed E-state index contributed by atoms with van der Waals surface area (Å²) < 4.78 is 47.5. The number of hydrogen-bond donors (Lipinski definition) is 2. The lowest BCUT2D eigenvalue weighted by atomic mass is 9.79. The van der Waals surface area contributed by atoms with Gasteiger partial charge in [0.2, 0.25) is 5.83 Å². The smallest absolute Gasteiger partial charge is 0.368 e. The van der Waals surface area contributed by atoms with Crippen LogP contribution in [-0.2, 0) is 14.6 Å². The normalized spacial score (nSPS) is 16.3. The number of nitrogens with one attached hydrogen (secondary N) is 1. The standard InChI is InChI=1S/C32H43FN2O6S2/c1-7-9-15-32(16-10-8-2)20-35(23-13-11-22(12-14-23)29(36)34-31(3,4)5)25-17-27(42-6)26(41-19-24(33)30(37)38)18-28(25)43(39,40)21-32/h11-14,17-19H,7-10,15-16,20-21H2,1-6H3,(H,34,36)(H,37,38). The molecule has 0 unspecified atom stereocenters. The SMILES string of the molecule is CCCCC1(CCCC)CN(c2ccc(C(=O)NC(C)(C)C)cc2)c2cc(SC)c(OC=C(F)C(=O)O)cc2S(=O)(=O)C1. The van der Waals surface area contributed by atoms with Gasteiger partial charge in [0.25, 0.3) is 5.91 Å². The van der Waals surface area contributed by atoms with Gasteiger partial charge in [-0.3, -0.25) is 4.79 Å². The highest BCUT2D eigenvalue weighted by Gasteiger charge is 2.42. The van der Waals surface area contributed by atoms with E-state index < -0.39 is 32.6 Å². The zero-order chi connectivity index (χ0) is 32.0. The average molecular weight is 635 g/mol. The molecule has 2 N–H and O–H groups in total. The Morgan fingerprint density at radius 3 is 2.23 bits per heavy atom. The van der Waals surface area contributed by atoms with Crippen molar-refractivity contribution in [2.45, 2.75) is 88.5 Å². The third-order valence-electron chi connectivity index (χ3n) is 7.41. The minimum absolute atomic E-state index is 0.0360. The molecule has 0 saturated heterocycles. The molecule has 1 heterocycles. The zero-order valence-corrected chi connectivity index (χ0v) is 27.5. The largest absolute Gasteiger partial charge is 0.476 e. The van der Waals surface area contributed by atoms with Crippen LogP contribution in [-0.4, -0.2) is 49.5 Å². The van der Waals surface area contributed by atoms with Gasteiger partial charge >= 0.3 is 5.97 Å². The van der Waals surface area contributed by atoms with Crippen molar-refractivity contribution < 1.29 is 32.2 Å². The number of benzene rings is 2. The van der Waals surface area contributed by atoms with Crippen molar-refractivity contribution in [3.8, 4) is 5.75 Å². The number of amides is 1. The molecule has 0 saturated carbocycles. The number of sulfone groups is 1. The van der Waals surface area contributed by atoms with Gasteiger partial charge in [0.1, 0.15) is 12.0 Å². The highest BCUT2D eigenvalue weighted by Crippen LogP contribution is 2.48. The van der Waals surface area contributed by atoms with Gasteiger partial charge in [0, 0.05) is 34.8 Å². The number of ether oxygens (including phenoxy) is 1. The summed E-state index contributed by atoms with van der Waals surface area (Å²) in [5.41, 5.74) is 0.747. The Bertz CT molecular complexity index is 1440. The second kappa shape index (κ2) is 14.2. The van der Waals surface area contributed by atoms with Crippen molar-refractivity contribution in [1.82, 2.24) is 5.32 Å². The number of halogens is 1. The van der Waals surface area contributed by atoms with E-state index in [-0.39, 0.29) is 22.3 Å². The van der Waals surface area contributed by atoms with Gasteiger partial charge in [-0.05, 0) is 70.2 Å². The van der Waals surface area contributed by atoms with Crippen LogP contribution >= 0.6 is 11.8 Å². The van der Waals surface area contributed by atoms with Crippen molar-refractivity contribution in [3.63, 3.8) is 0 Å². The molecular formula is C32H43FN2O6S2. The monoisotopic (exact) mass is 634 g/mol. The third kappa shape index (κ3) is 8.75. The Kier molecular flexibility index (Phi) is 11.3. The molecule has 8 nitrogen and oxygen atoms in total. The Hall–Kier alpha value is -3.05. The van der Waals surface area contributed by atoms with E-state index in [1.807, 2.05) is 37.8 Å². The molecule has 11 heteroatoms. The van der Waals surface area contributed by atoms with Crippen LogP contribution in [0.1, 0.15) is 83.5 Å². The van der Waals surface area contributed by atoms with Gasteiger partial charge in [-0.2, -0.15) is 4.39 Å². The van der Waals surface area contributed by atoms with Crippen LogP contribution in [0.2, 0.25) is 0 Å². The van der Waals surface area contributed by atoms with Gasteiger partial charge in [0.05, 0.1) is 21.2 Å². The fourth-order valence-corrected chi connectivity index (χ4v) is 7.98.